The molecule has 0 radical (unpaired) electrons. The summed E-state index contributed by atoms with van der Waals surface area (Å²) in [6, 6.07) is 12.6. The van der Waals surface area contributed by atoms with Crippen LogP contribution in [-0.4, -0.2) is 4.92 Å². The van der Waals surface area contributed by atoms with Crippen LogP contribution in [0.5, 0.6) is 5.75 Å². The molecule has 0 amide bonds. The van der Waals surface area contributed by atoms with Crippen LogP contribution in [0, 0.1) is 13.7 Å². The van der Waals surface area contributed by atoms with Crippen molar-refractivity contribution in [3.8, 4) is 5.75 Å². The molecule has 6 heteroatoms. The van der Waals surface area contributed by atoms with Gasteiger partial charge in [0.05, 0.1) is 9.40 Å². The molecule has 0 spiro atoms. The van der Waals surface area contributed by atoms with E-state index >= 15 is 0 Å². The largest absolute Gasteiger partial charge is 0.489 e. The highest BCUT2D eigenvalue weighted by atomic mass is 127. The van der Waals surface area contributed by atoms with Crippen molar-refractivity contribution >= 4 is 44.2 Å². The minimum atomic E-state index is -0.418. The molecule has 0 atom stereocenters. The predicted octanol–water partition coefficient (Wildman–Crippen LogP) is 4.54. The number of halogens is 2. The van der Waals surface area contributed by atoms with E-state index in [4.69, 9.17) is 4.74 Å². The summed E-state index contributed by atoms with van der Waals surface area (Å²) in [4.78, 5) is 10.4. The van der Waals surface area contributed by atoms with Crippen molar-refractivity contribution < 1.29 is 9.66 Å². The van der Waals surface area contributed by atoms with Gasteiger partial charge in [0.15, 0.2) is 0 Å². The van der Waals surface area contributed by atoms with Gasteiger partial charge in [0, 0.05) is 9.64 Å². The number of nitro groups is 1. The van der Waals surface area contributed by atoms with E-state index in [2.05, 4.69) is 38.5 Å². The second-order valence-electron chi connectivity index (χ2n) is 3.79. The summed E-state index contributed by atoms with van der Waals surface area (Å²) in [5.41, 5.74) is 0.803. The summed E-state index contributed by atoms with van der Waals surface area (Å²) in [6.07, 6.45) is 0. The molecule has 0 fully saturated rings. The fraction of sp³-hybridized carbons (Fsp3) is 0.0769. The first-order chi connectivity index (χ1) is 9.06. The highest BCUT2D eigenvalue weighted by Crippen LogP contribution is 2.26. The molecule has 2 aromatic rings. The molecule has 4 nitrogen and oxygen atoms in total. The summed E-state index contributed by atoms with van der Waals surface area (Å²) in [5.74, 6) is 0.748. The Morgan fingerprint density at radius 1 is 1.26 bits per heavy atom. The third-order valence-electron chi connectivity index (χ3n) is 2.41. The molecule has 2 rings (SSSR count). The van der Waals surface area contributed by atoms with E-state index in [-0.39, 0.29) is 5.69 Å². The van der Waals surface area contributed by atoms with Gasteiger partial charge < -0.3 is 4.74 Å². The van der Waals surface area contributed by atoms with Gasteiger partial charge in [-0.15, -0.1) is 0 Å². The molecule has 0 saturated carbocycles. The van der Waals surface area contributed by atoms with Crippen LogP contribution in [0.1, 0.15) is 5.56 Å². The van der Waals surface area contributed by atoms with Gasteiger partial charge in [-0.1, -0.05) is 12.1 Å². The zero-order chi connectivity index (χ0) is 13.8. The monoisotopic (exact) mass is 433 g/mol. The molecule has 0 heterocycles. The summed E-state index contributed by atoms with van der Waals surface area (Å²) < 4.78 is 7.15. The molecule has 0 bridgehead atoms. The molecule has 0 N–H and O–H groups in total. The Balaban J connectivity index is 2.12. The molecular weight excluding hydrogens is 425 g/mol. The van der Waals surface area contributed by atoms with Crippen molar-refractivity contribution in [3.63, 3.8) is 0 Å². The van der Waals surface area contributed by atoms with Crippen molar-refractivity contribution in [2.45, 2.75) is 6.61 Å². The Labute approximate surface area is 132 Å². The van der Waals surface area contributed by atoms with E-state index in [0.29, 0.717) is 11.1 Å². The van der Waals surface area contributed by atoms with Gasteiger partial charge >= 0.3 is 0 Å². The van der Waals surface area contributed by atoms with Gasteiger partial charge in [-0.2, -0.15) is 0 Å². The molecule has 0 aliphatic carbocycles. The van der Waals surface area contributed by atoms with Crippen molar-refractivity contribution in [2.75, 3.05) is 0 Å². The van der Waals surface area contributed by atoms with Gasteiger partial charge in [0.1, 0.15) is 12.4 Å². The van der Waals surface area contributed by atoms with Crippen LogP contribution in [0.25, 0.3) is 0 Å². The van der Waals surface area contributed by atoms with E-state index in [1.165, 1.54) is 6.07 Å². The maximum Gasteiger partial charge on any atom is 0.283 e. The molecule has 0 aliphatic heterocycles. The summed E-state index contributed by atoms with van der Waals surface area (Å²) >= 11 is 5.36. The fourth-order valence-electron chi connectivity index (χ4n) is 1.51. The summed E-state index contributed by atoms with van der Waals surface area (Å²) in [5, 5.41) is 10.8. The molecular formula is C13H9BrINO3. The van der Waals surface area contributed by atoms with Gasteiger partial charge in [0.25, 0.3) is 5.69 Å². The molecule has 0 unspecified atom stereocenters. The minimum Gasteiger partial charge on any atom is -0.489 e. The van der Waals surface area contributed by atoms with E-state index in [1.54, 1.807) is 12.1 Å². The lowest BCUT2D eigenvalue weighted by atomic mass is 10.2. The first-order valence-electron chi connectivity index (χ1n) is 5.37. The van der Waals surface area contributed by atoms with Crippen molar-refractivity contribution in [1.82, 2.24) is 0 Å². The SMILES string of the molecule is O=[N+]([O-])c1cc(COc2cccc(I)c2)ccc1Br. The van der Waals surface area contributed by atoms with Crippen LogP contribution in [0.2, 0.25) is 0 Å². The number of nitro benzene ring substituents is 1. The normalized spacial score (nSPS) is 10.2. The van der Waals surface area contributed by atoms with Gasteiger partial charge in [0.2, 0.25) is 0 Å². The van der Waals surface area contributed by atoms with Crippen LogP contribution in [0.4, 0.5) is 5.69 Å². The van der Waals surface area contributed by atoms with Crippen LogP contribution in [0.15, 0.2) is 46.9 Å². The van der Waals surface area contributed by atoms with Crippen LogP contribution in [0.3, 0.4) is 0 Å². The van der Waals surface area contributed by atoms with Crippen LogP contribution < -0.4 is 4.74 Å². The third-order valence-corrected chi connectivity index (χ3v) is 3.75. The first-order valence-corrected chi connectivity index (χ1v) is 7.24. The van der Waals surface area contributed by atoms with E-state index < -0.39 is 4.92 Å². The first kappa shape index (κ1) is 14.3. The lowest BCUT2D eigenvalue weighted by molar-refractivity contribution is -0.385. The Hall–Kier alpha value is -1.15. The van der Waals surface area contributed by atoms with Gasteiger partial charge in [-0.05, 0) is 68.3 Å². The second-order valence-corrected chi connectivity index (χ2v) is 5.89. The Morgan fingerprint density at radius 3 is 2.74 bits per heavy atom. The molecule has 98 valence electrons. The Bertz CT molecular complexity index is 619. The molecule has 2 aromatic carbocycles. The number of hydrogen-bond donors (Lipinski definition) is 0. The number of rotatable bonds is 4. The molecule has 0 aliphatic rings. The van der Waals surface area contributed by atoms with Gasteiger partial charge in [-0.3, -0.25) is 10.1 Å². The lowest BCUT2D eigenvalue weighted by Gasteiger charge is -2.07. The molecule has 19 heavy (non-hydrogen) atoms. The van der Waals surface area contributed by atoms with E-state index in [9.17, 15) is 10.1 Å². The number of nitrogens with zero attached hydrogens (tertiary/aromatic N) is 1. The minimum absolute atomic E-state index is 0.0451. The van der Waals surface area contributed by atoms with Crippen molar-refractivity contribution in [2.24, 2.45) is 0 Å². The summed E-state index contributed by atoms with van der Waals surface area (Å²) in [7, 11) is 0. The maximum absolute atomic E-state index is 10.8. The number of ether oxygens (including phenoxy) is 1. The Morgan fingerprint density at radius 2 is 2.05 bits per heavy atom. The lowest BCUT2D eigenvalue weighted by Crippen LogP contribution is -1.97. The highest BCUT2D eigenvalue weighted by molar-refractivity contribution is 14.1. The highest BCUT2D eigenvalue weighted by Gasteiger charge is 2.12. The van der Waals surface area contributed by atoms with Crippen LogP contribution >= 0.6 is 38.5 Å². The van der Waals surface area contributed by atoms with Crippen molar-refractivity contribution in [3.05, 3.63) is 66.2 Å². The van der Waals surface area contributed by atoms with E-state index in [0.717, 1.165) is 14.9 Å². The number of benzene rings is 2. The molecule has 0 aromatic heterocycles. The third kappa shape index (κ3) is 3.90. The predicted molar refractivity (Wildman–Crippen MR) is 84.3 cm³/mol. The maximum atomic E-state index is 10.8. The Kier molecular flexibility index (Phi) is 4.76. The van der Waals surface area contributed by atoms with Gasteiger partial charge in [-0.25, -0.2) is 0 Å². The standard InChI is InChI=1S/C13H9BrINO3/c14-12-5-4-9(6-13(12)16(17)18)8-19-11-3-1-2-10(15)7-11/h1-7H,8H2. The summed E-state index contributed by atoms with van der Waals surface area (Å²) in [6.45, 7) is 0.300. The molecule has 0 saturated heterocycles. The average molecular weight is 434 g/mol. The fourth-order valence-corrected chi connectivity index (χ4v) is 2.42. The van der Waals surface area contributed by atoms with Crippen molar-refractivity contribution in [1.29, 1.82) is 0 Å². The zero-order valence-electron chi connectivity index (χ0n) is 9.68. The zero-order valence-corrected chi connectivity index (χ0v) is 13.4. The van der Waals surface area contributed by atoms with E-state index in [1.807, 2.05) is 24.3 Å². The topological polar surface area (TPSA) is 52.4 Å². The smallest absolute Gasteiger partial charge is 0.283 e. The number of hydrogen-bond acceptors (Lipinski definition) is 3. The second kappa shape index (κ2) is 6.33. The quantitative estimate of drug-likeness (QED) is 0.404. The van der Waals surface area contributed by atoms with Crippen LogP contribution in [-0.2, 0) is 6.61 Å². The average Bonchev–Trinajstić information content (AvgIpc) is 2.37.